The van der Waals surface area contributed by atoms with E-state index in [1.165, 1.54) is 24.8 Å². The smallest absolute Gasteiger partial charge is 0.139 e. The summed E-state index contributed by atoms with van der Waals surface area (Å²) in [6.07, 6.45) is 3.79. The fourth-order valence-electron chi connectivity index (χ4n) is 3.04. The maximum atomic E-state index is 4.84. The zero-order valence-electron chi connectivity index (χ0n) is 12.2. The van der Waals surface area contributed by atoms with E-state index in [2.05, 4.69) is 40.3 Å². The van der Waals surface area contributed by atoms with Gasteiger partial charge in [-0.2, -0.15) is 0 Å². The van der Waals surface area contributed by atoms with Gasteiger partial charge in [0.2, 0.25) is 0 Å². The lowest BCUT2D eigenvalue weighted by Crippen LogP contribution is -2.30. The predicted molar refractivity (Wildman–Crippen MR) is 78.4 cm³/mol. The zero-order chi connectivity index (χ0) is 13.9. The Morgan fingerprint density at radius 1 is 1.25 bits per heavy atom. The molecule has 20 heavy (non-hydrogen) atoms. The van der Waals surface area contributed by atoms with Gasteiger partial charge in [0.15, 0.2) is 0 Å². The largest absolute Gasteiger partial charge is 0.306 e. The lowest BCUT2D eigenvalue weighted by atomic mass is 10.1. The summed E-state index contributed by atoms with van der Waals surface area (Å²) in [6.45, 7) is 3.24. The molecule has 0 aliphatic carbocycles. The Morgan fingerprint density at radius 3 is 3.00 bits per heavy atom. The molecule has 1 aliphatic rings. The molecule has 0 saturated carbocycles. The van der Waals surface area contributed by atoms with E-state index < -0.39 is 0 Å². The van der Waals surface area contributed by atoms with Crippen molar-refractivity contribution in [2.45, 2.75) is 31.8 Å². The van der Waals surface area contributed by atoms with E-state index in [-0.39, 0.29) is 0 Å². The number of fused-ring (bicyclic) bond motifs is 1. The van der Waals surface area contributed by atoms with Gasteiger partial charge in [0.05, 0.1) is 0 Å². The number of aromatic nitrogens is 2. The molecule has 1 aliphatic heterocycles. The van der Waals surface area contributed by atoms with Crippen LogP contribution in [0.5, 0.6) is 0 Å². The second-order valence-electron chi connectivity index (χ2n) is 5.87. The van der Waals surface area contributed by atoms with Gasteiger partial charge in [0, 0.05) is 12.6 Å². The fourth-order valence-corrected chi connectivity index (χ4v) is 3.04. The van der Waals surface area contributed by atoms with Crippen molar-refractivity contribution in [3.8, 4) is 0 Å². The predicted octanol–water partition coefficient (Wildman–Crippen LogP) is 2.14. The van der Waals surface area contributed by atoms with Crippen LogP contribution in [0.15, 0.2) is 22.8 Å². The van der Waals surface area contributed by atoms with Crippen molar-refractivity contribution < 1.29 is 4.63 Å². The van der Waals surface area contributed by atoms with Gasteiger partial charge in [0.25, 0.3) is 0 Å². The molecule has 1 saturated heterocycles. The van der Waals surface area contributed by atoms with Crippen molar-refractivity contribution in [1.29, 1.82) is 0 Å². The van der Waals surface area contributed by atoms with Gasteiger partial charge < -0.3 is 4.90 Å². The molecule has 0 radical (unpaired) electrons. The monoisotopic (exact) mass is 274 g/mol. The Hall–Kier alpha value is -1.46. The number of hydrogen-bond acceptors (Lipinski definition) is 5. The van der Waals surface area contributed by atoms with Crippen molar-refractivity contribution in [2.75, 3.05) is 27.2 Å². The number of nitrogens with zero attached hydrogens (tertiary/aromatic N) is 4. The van der Waals surface area contributed by atoms with Gasteiger partial charge in [0.1, 0.15) is 11.0 Å². The molecule has 0 N–H and O–H groups in total. The molecule has 0 spiro atoms. The zero-order valence-corrected chi connectivity index (χ0v) is 12.2. The van der Waals surface area contributed by atoms with Crippen LogP contribution in [-0.4, -0.2) is 53.3 Å². The summed E-state index contributed by atoms with van der Waals surface area (Å²) in [5, 5.41) is 7.94. The minimum absolute atomic E-state index is 0.713. The van der Waals surface area contributed by atoms with Crippen LogP contribution in [0.4, 0.5) is 0 Å². The van der Waals surface area contributed by atoms with E-state index >= 15 is 0 Å². The van der Waals surface area contributed by atoms with Crippen LogP contribution in [0, 0.1) is 0 Å². The van der Waals surface area contributed by atoms with Crippen molar-refractivity contribution in [2.24, 2.45) is 0 Å². The first-order chi connectivity index (χ1) is 9.74. The molecule has 2 aromatic rings. The number of benzene rings is 1. The van der Waals surface area contributed by atoms with Gasteiger partial charge in [-0.15, -0.1) is 0 Å². The maximum absolute atomic E-state index is 4.84. The standard InChI is InChI=1S/C15H22N4O/c1-18(2)13-6-4-9-19(10-8-13)11-12-5-3-7-14-15(12)17-20-16-14/h3,5,7,13H,4,6,8-11H2,1-2H3/t13-/m0/s1. The first-order valence-corrected chi connectivity index (χ1v) is 7.33. The molecular weight excluding hydrogens is 252 g/mol. The Morgan fingerprint density at radius 2 is 2.15 bits per heavy atom. The van der Waals surface area contributed by atoms with Crippen LogP contribution in [0.3, 0.4) is 0 Å². The number of likely N-dealkylation sites (tertiary alicyclic amines) is 1. The number of hydrogen-bond donors (Lipinski definition) is 0. The maximum Gasteiger partial charge on any atom is 0.139 e. The summed E-state index contributed by atoms with van der Waals surface area (Å²) in [5.74, 6) is 0. The van der Waals surface area contributed by atoms with Crippen molar-refractivity contribution in [3.05, 3.63) is 23.8 Å². The molecule has 1 aromatic carbocycles. The first kappa shape index (κ1) is 13.5. The summed E-state index contributed by atoms with van der Waals surface area (Å²) < 4.78 is 4.84. The van der Waals surface area contributed by atoms with Crippen LogP contribution in [0.25, 0.3) is 11.0 Å². The highest BCUT2D eigenvalue weighted by Crippen LogP contribution is 2.20. The quantitative estimate of drug-likeness (QED) is 0.858. The van der Waals surface area contributed by atoms with E-state index in [4.69, 9.17) is 4.63 Å². The van der Waals surface area contributed by atoms with E-state index in [9.17, 15) is 0 Å². The Kier molecular flexibility index (Phi) is 3.98. The molecule has 0 unspecified atom stereocenters. The molecule has 1 aromatic heterocycles. The second-order valence-corrected chi connectivity index (χ2v) is 5.87. The van der Waals surface area contributed by atoms with E-state index in [0.717, 1.165) is 30.7 Å². The van der Waals surface area contributed by atoms with Gasteiger partial charge in [-0.25, -0.2) is 4.63 Å². The van der Waals surface area contributed by atoms with Gasteiger partial charge in [-0.05, 0) is 68.4 Å². The summed E-state index contributed by atoms with van der Waals surface area (Å²) in [6, 6.07) is 6.81. The number of rotatable bonds is 3. The molecular formula is C15H22N4O. The van der Waals surface area contributed by atoms with Gasteiger partial charge in [-0.3, -0.25) is 4.90 Å². The molecule has 3 rings (SSSR count). The summed E-state index contributed by atoms with van der Waals surface area (Å²) in [7, 11) is 4.37. The Labute approximate surface area is 119 Å². The molecule has 5 heteroatoms. The van der Waals surface area contributed by atoms with Crippen molar-refractivity contribution in [3.63, 3.8) is 0 Å². The molecule has 0 bridgehead atoms. The third-order valence-corrected chi connectivity index (χ3v) is 4.28. The van der Waals surface area contributed by atoms with Crippen LogP contribution in [-0.2, 0) is 6.54 Å². The second kappa shape index (κ2) is 5.89. The Balaban J connectivity index is 1.70. The molecule has 1 atom stereocenters. The fraction of sp³-hybridized carbons (Fsp3) is 0.600. The molecule has 0 amide bonds. The van der Waals surface area contributed by atoms with Crippen LogP contribution < -0.4 is 0 Å². The molecule has 5 nitrogen and oxygen atoms in total. The highest BCUT2D eigenvalue weighted by atomic mass is 16.6. The van der Waals surface area contributed by atoms with E-state index in [0.29, 0.717) is 6.04 Å². The minimum Gasteiger partial charge on any atom is -0.306 e. The SMILES string of the molecule is CN(C)[C@H]1CCCN(Cc2cccc3nonc23)CC1. The van der Waals surface area contributed by atoms with Crippen molar-refractivity contribution >= 4 is 11.0 Å². The topological polar surface area (TPSA) is 45.4 Å². The van der Waals surface area contributed by atoms with E-state index in [1.807, 2.05) is 12.1 Å². The Bertz CT molecular complexity index is 566. The van der Waals surface area contributed by atoms with Crippen LogP contribution >= 0.6 is 0 Å². The normalized spacial score (nSPS) is 21.4. The molecule has 1 fully saturated rings. The van der Waals surface area contributed by atoms with E-state index in [1.54, 1.807) is 0 Å². The average molecular weight is 274 g/mol. The third kappa shape index (κ3) is 2.83. The van der Waals surface area contributed by atoms with Crippen LogP contribution in [0.1, 0.15) is 24.8 Å². The lowest BCUT2D eigenvalue weighted by molar-refractivity contribution is 0.245. The highest BCUT2D eigenvalue weighted by Gasteiger charge is 2.19. The highest BCUT2D eigenvalue weighted by molar-refractivity contribution is 5.76. The first-order valence-electron chi connectivity index (χ1n) is 7.33. The minimum atomic E-state index is 0.713. The van der Waals surface area contributed by atoms with Gasteiger partial charge in [-0.1, -0.05) is 12.1 Å². The summed E-state index contributed by atoms with van der Waals surface area (Å²) >= 11 is 0. The lowest BCUT2D eigenvalue weighted by Gasteiger charge is -2.23. The summed E-state index contributed by atoms with van der Waals surface area (Å²) in [5.41, 5.74) is 2.97. The van der Waals surface area contributed by atoms with Crippen LogP contribution in [0.2, 0.25) is 0 Å². The molecule has 108 valence electrons. The van der Waals surface area contributed by atoms with Crippen molar-refractivity contribution in [1.82, 2.24) is 20.1 Å². The average Bonchev–Trinajstić information content (AvgIpc) is 2.79. The summed E-state index contributed by atoms with van der Waals surface area (Å²) in [4.78, 5) is 4.87. The third-order valence-electron chi connectivity index (χ3n) is 4.28. The van der Waals surface area contributed by atoms with Gasteiger partial charge >= 0.3 is 0 Å². The molecule has 2 heterocycles.